The van der Waals surface area contributed by atoms with Crippen LogP contribution in [0, 0.1) is 13.8 Å². The van der Waals surface area contributed by atoms with Crippen molar-refractivity contribution in [1.29, 1.82) is 0 Å². The Kier molecular flexibility index (Phi) is 13.9. The molecular formula is C39H48N2O8. The number of benzene rings is 3. The van der Waals surface area contributed by atoms with Crippen molar-refractivity contribution in [3.05, 3.63) is 75.6 Å². The molecule has 2 aromatic carbocycles. The van der Waals surface area contributed by atoms with Gasteiger partial charge in [-0.15, -0.1) is 0 Å². The minimum absolute atomic E-state index is 0.102. The van der Waals surface area contributed by atoms with Crippen LogP contribution >= 0.6 is 0 Å². The zero-order valence-electron chi connectivity index (χ0n) is 29.3. The zero-order chi connectivity index (χ0) is 35.3. The van der Waals surface area contributed by atoms with Crippen molar-refractivity contribution in [3.8, 4) is 22.5 Å². The van der Waals surface area contributed by atoms with E-state index in [0.717, 1.165) is 52.3 Å². The highest BCUT2D eigenvalue weighted by molar-refractivity contribution is 6.09. The van der Waals surface area contributed by atoms with E-state index in [2.05, 4.69) is 36.3 Å². The summed E-state index contributed by atoms with van der Waals surface area (Å²) >= 11 is 0. The number of amides is 1. The predicted octanol–water partition coefficient (Wildman–Crippen LogP) is 7.53. The number of aryl methyl sites for hydroxylation is 3. The first-order chi connectivity index (χ1) is 23.7. The molecule has 0 unspecified atom stereocenters. The van der Waals surface area contributed by atoms with Crippen molar-refractivity contribution in [2.75, 3.05) is 46.1 Å². The summed E-state index contributed by atoms with van der Waals surface area (Å²) in [4.78, 5) is 42.1. The molecule has 1 heterocycles. The lowest BCUT2D eigenvalue weighted by atomic mass is 9.87. The second-order valence-electron chi connectivity index (χ2n) is 12.0. The van der Waals surface area contributed by atoms with E-state index < -0.39 is 12.1 Å². The van der Waals surface area contributed by atoms with Gasteiger partial charge in [-0.05, 0) is 92.6 Å². The quantitative estimate of drug-likeness (QED) is 0.0629. The first kappa shape index (κ1) is 37.3. The van der Waals surface area contributed by atoms with Crippen LogP contribution in [0.3, 0.4) is 0 Å². The van der Waals surface area contributed by atoms with E-state index >= 15 is 0 Å². The summed E-state index contributed by atoms with van der Waals surface area (Å²) in [6.45, 7) is 12.9. The number of carboxylic acids is 1. The van der Waals surface area contributed by atoms with Gasteiger partial charge in [-0.1, -0.05) is 26.3 Å². The van der Waals surface area contributed by atoms with Crippen LogP contribution in [-0.2, 0) is 20.6 Å². The Balaban J connectivity index is 1.54. The Bertz CT molecular complexity index is 1810. The fraction of sp³-hybridized carbons (Fsp3) is 0.436. The molecule has 0 aromatic heterocycles. The smallest absolute Gasteiger partial charge is 0.407 e. The van der Waals surface area contributed by atoms with Crippen molar-refractivity contribution in [1.82, 2.24) is 5.32 Å². The van der Waals surface area contributed by atoms with E-state index in [-0.39, 0.29) is 17.8 Å². The Labute approximate surface area is 287 Å². The van der Waals surface area contributed by atoms with Gasteiger partial charge in [0.25, 0.3) is 0 Å². The van der Waals surface area contributed by atoms with Crippen LogP contribution in [0.4, 0.5) is 4.79 Å². The maximum Gasteiger partial charge on any atom is 0.407 e. The van der Waals surface area contributed by atoms with Crippen molar-refractivity contribution in [2.45, 2.75) is 66.7 Å². The number of aromatic carboxylic acids is 1. The van der Waals surface area contributed by atoms with Crippen LogP contribution in [0.1, 0.15) is 83.9 Å². The highest BCUT2D eigenvalue weighted by atomic mass is 16.5. The van der Waals surface area contributed by atoms with Crippen LogP contribution < -0.4 is 10.7 Å². The van der Waals surface area contributed by atoms with Gasteiger partial charge in [0.05, 0.1) is 37.3 Å². The Morgan fingerprint density at radius 3 is 2.35 bits per heavy atom. The van der Waals surface area contributed by atoms with Gasteiger partial charge in [-0.25, -0.2) is 9.59 Å². The number of hydrogen-bond acceptors (Lipinski definition) is 8. The molecule has 1 amide bonds. The van der Waals surface area contributed by atoms with E-state index in [0.29, 0.717) is 75.0 Å². The first-order valence-corrected chi connectivity index (χ1v) is 17.2. The number of rotatable bonds is 18. The molecule has 4 rings (SSSR count). The summed E-state index contributed by atoms with van der Waals surface area (Å²) < 4.78 is 22.5. The molecule has 0 atom stereocenters. The molecule has 0 bridgehead atoms. The Morgan fingerprint density at radius 2 is 1.63 bits per heavy atom. The number of ether oxygens (including phenoxy) is 3. The molecule has 2 aromatic rings. The van der Waals surface area contributed by atoms with Gasteiger partial charge < -0.3 is 29.1 Å². The monoisotopic (exact) mass is 672 g/mol. The molecule has 2 N–H and O–H groups in total. The average molecular weight is 673 g/mol. The number of carbonyl (C=O) groups excluding carboxylic acids is 2. The van der Waals surface area contributed by atoms with Gasteiger partial charge in [0.1, 0.15) is 11.3 Å². The molecule has 0 radical (unpaired) electrons. The Morgan fingerprint density at radius 1 is 0.857 bits per heavy atom. The third-order valence-electron chi connectivity index (χ3n) is 8.20. The number of nitrogens with one attached hydrogen (secondary N) is 1. The van der Waals surface area contributed by atoms with Gasteiger partial charge in [-0.2, -0.15) is 0 Å². The summed E-state index contributed by atoms with van der Waals surface area (Å²) in [6.07, 6.45) is 2.92. The fourth-order valence-corrected chi connectivity index (χ4v) is 5.78. The van der Waals surface area contributed by atoms with Gasteiger partial charge in [-0.3, -0.25) is 9.79 Å². The molecular weight excluding hydrogens is 624 g/mol. The van der Waals surface area contributed by atoms with Crippen LogP contribution in [0.5, 0.6) is 0 Å². The number of alkyl carbamates (subject to hydrolysis) is 1. The highest BCUT2D eigenvalue weighted by Crippen LogP contribution is 2.43. The normalized spacial score (nSPS) is 11.7. The van der Waals surface area contributed by atoms with E-state index in [4.69, 9.17) is 18.6 Å². The summed E-state index contributed by atoms with van der Waals surface area (Å²) in [7, 11) is 0. The lowest BCUT2D eigenvalue weighted by Gasteiger charge is -2.19. The summed E-state index contributed by atoms with van der Waals surface area (Å²) in [5, 5.41) is 14.5. The highest BCUT2D eigenvalue weighted by Gasteiger charge is 2.24. The molecule has 10 nitrogen and oxygen atoms in total. The third kappa shape index (κ3) is 9.77. The maximum atomic E-state index is 13.4. The average Bonchev–Trinajstić information content (AvgIpc) is 3.08. The van der Waals surface area contributed by atoms with Crippen molar-refractivity contribution < 1.29 is 38.1 Å². The largest absolute Gasteiger partial charge is 0.478 e. The lowest BCUT2D eigenvalue weighted by Crippen LogP contribution is -2.28. The van der Waals surface area contributed by atoms with Gasteiger partial charge in [0.2, 0.25) is 0 Å². The van der Waals surface area contributed by atoms with Crippen LogP contribution in [-0.4, -0.2) is 69.1 Å². The molecule has 1 aliphatic carbocycles. The van der Waals surface area contributed by atoms with Crippen LogP contribution in [0.15, 0.2) is 51.9 Å². The Hall–Kier alpha value is -4.54. The summed E-state index contributed by atoms with van der Waals surface area (Å²) in [5.74, 6) is -0.575. The van der Waals surface area contributed by atoms with E-state index in [9.17, 15) is 19.5 Å². The number of carbonyl (C=O) groups is 3. The second kappa shape index (κ2) is 18.3. The number of Topliss-reactive ketones (excluding diaryl/α,β-unsaturated/α-hetero) is 1. The molecule has 0 saturated carbocycles. The minimum Gasteiger partial charge on any atom is -0.478 e. The number of fused-ring (bicyclic) bond motifs is 2. The van der Waals surface area contributed by atoms with E-state index in [1.54, 1.807) is 12.1 Å². The van der Waals surface area contributed by atoms with Gasteiger partial charge in [0, 0.05) is 54.3 Å². The maximum absolute atomic E-state index is 13.4. The number of carboxylic acid groups (broad SMARTS) is 1. The van der Waals surface area contributed by atoms with Crippen molar-refractivity contribution in [2.24, 2.45) is 4.99 Å². The summed E-state index contributed by atoms with van der Waals surface area (Å²) in [6, 6.07) is 12.8. The molecule has 0 spiro atoms. The topological polar surface area (TPSA) is 137 Å². The standard InChI is InChI=1S/C39H48N2O8/c1-6-10-27-23-35-31(20-25(27)4)37(32-21-26(5)33(40-8-3)24-36(32)49-35)30-22-28(12-13-29(30)38(43)44)34(42)11-9-16-46-18-19-47-17-14-41-39(45)48-15-7-2/h12-13,20-24H,6-11,14-19H2,1-5H3,(H,41,45)(H,43,44). The van der Waals surface area contributed by atoms with Crippen LogP contribution in [0.25, 0.3) is 33.4 Å². The van der Waals surface area contributed by atoms with Crippen LogP contribution in [0.2, 0.25) is 0 Å². The van der Waals surface area contributed by atoms with E-state index in [1.165, 1.54) is 11.6 Å². The third-order valence-corrected chi connectivity index (χ3v) is 8.20. The number of nitrogens with zero attached hydrogens (tertiary/aromatic N) is 1. The predicted molar refractivity (Wildman–Crippen MR) is 190 cm³/mol. The number of hydrogen-bond donors (Lipinski definition) is 2. The fourth-order valence-electron chi connectivity index (χ4n) is 5.78. The first-order valence-electron chi connectivity index (χ1n) is 17.2. The molecule has 2 aliphatic rings. The van der Waals surface area contributed by atoms with Crippen molar-refractivity contribution in [3.63, 3.8) is 0 Å². The lowest BCUT2D eigenvalue weighted by molar-refractivity contribution is 0.0466. The zero-order valence-corrected chi connectivity index (χ0v) is 29.3. The molecule has 262 valence electrons. The second-order valence-corrected chi connectivity index (χ2v) is 12.0. The van der Waals surface area contributed by atoms with Gasteiger partial charge in [0.15, 0.2) is 5.78 Å². The number of ketones is 1. The summed E-state index contributed by atoms with van der Waals surface area (Å²) in [5.41, 5.74) is 6.36. The molecule has 0 saturated heterocycles. The molecule has 10 heteroatoms. The van der Waals surface area contributed by atoms with Gasteiger partial charge >= 0.3 is 12.1 Å². The molecule has 0 fully saturated rings. The van der Waals surface area contributed by atoms with Crippen molar-refractivity contribution >= 4 is 28.8 Å². The molecule has 49 heavy (non-hydrogen) atoms. The minimum atomic E-state index is -1.08. The SMILES string of the molecule is CCCOC(=O)NCCOCCOCCCC(=O)c1ccc(C(=O)O)c(-c2c3cc(C)c(=NCC)cc-3oc3cc(CCC)c(C)cc23)c1. The molecule has 1 aliphatic heterocycles. The van der Waals surface area contributed by atoms with E-state index in [1.807, 2.05) is 32.9 Å².